The topological polar surface area (TPSA) is 41.1 Å². The van der Waals surface area contributed by atoms with Crippen molar-refractivity contribution in [3.05, 3.63) is 63.4 Å². The summed E-state index contributed by atoms with van der Waals surface area (Å²) in [4.78, 5) is 13.6. The molecule has 0 aromatic heterocycles. The Morgan fingerprint density at radius 3 is 2.59 bits per heavy atom. The second kappa shape index (κ2) is 7.36. The van der Waals surface area contributed by atoms with Gasteiger partial charge in [0, 0.05) is 22.7 Å². The van der Waals surface area contributed by atoms with Gasteiger partial charge in [-0.25, -0.2) is 4.39 Å². The first-order chi connectivity index (χ1) is 13.5. The lowest BCUT2D eigenvalue weighted by Crippen LogP contribution is -2.49. The average molecular weight is 547 g/mol. The van der Waals surface area contributed by atoms with Crippen molar-refractivity contribution >= 4 is 57.4 Å². The molecule has 2 aromatic carbocycles. The largest absolute Gasteiger partial charge is 0.325 e. The third-order valence-electron chi connectivity index (χ3n) is 5.85. The van der Waals surface area contributed by atoms with Crippen molar-refractivity contribution < 1.29 is 9.18 Å². The number of hydrogen-bond donors (Lipinski definition) is 2. The van der Waals surface area contributed by atoms with Crippen molar-refractivity contribution in [3.63, 3.8) is 0 Å². The molecule has 0 saturated carbocycles. The van der Waals surface area contributed by atoms with Gasteiger partial charge in [-0.05, 0) is 47.2 Å². The van der Waals surface area contributed by atoms with Crippen LogP contribution in [0.5, 0.6) is 0 Å². The number of amides is 1. The fourth-order valence-corrected chi connectivity index (χ4v) is 6.61. The van der Waals surface area contributed by atoms with E-state index >= 15 is 0 Å². The van der Waals surface area contributed by atoms with Gasteiger partial charge in [0.1, 0.15) is 11.2 Å². The molecule has 154 valence electrons. The minimum absolute atomic E-state index is 0.00440. The highest BCUT2D eigenvalue weighted by atomic mass is 127. The van der Waals surface area contributed by atoms with Crippen molar-refractivity contribution in [2.45, 2.75) is 48.6 Å². The van der Waals surface area contributed by atoms with Gasteiger partial charge in [-0.3, -0.25) is 4.79 Å². The minimum atomic E-state index is -0.954. The number of fused-ring (bicyclic) bond motifs is 2. The van der Waals surface area contributed by atoms with E-state index in [0.717, 1.165) is 12.0 Å². The van der Waals surface area contributed by atoms with E-state index in [0.29, 0.717) is 16.3 Å². The van der Waals surface area contributed by atoms with Gasteiger partial charge >= 0.3 is 0 Å². The predicted molar refractivity (Wildman–Crippen MR) is 125 cm³/mol. The van der Waals surface area contributed by atoms with E-state index in [9.17, 15) is 9.18 Å². The maximum atomic E-state index is 14.6. The Balaban J connectivity index is 1.98. The molecule has 1 spiro atoms. The van der Waals surface area contributed by atoms with Crippen LogP contribution in [-0.2, 0) is 10.2 Å². The second-order valence-electron chi connectivity index (χ2n) is 9.05. The number of benzene rings is 2. The molecule has 2 N–H and O–H groups in total. The Morgan fingerprint density at radius 2 is 1.93 bits per heavy atom. The summed E-state index contributed by atoms with van der Waals surface area (Å²) in [7, 11) is 0. The third-order valence-corrected chi connectivity index (χ3v) is 7.45. The maximum Gasteiger partial charge on any atom is 0.237 e. The number of nitrogens with one attached hydrogen (secondary N) is 2. The fraction of sp³-hybridized carbons (Fsp3) is 0.409. The highest BCUT2D eigenvalue weighted by molar-refractivity contribution is 14.1. The Kier molecular flexibility index (Phi) is 5.42. The van der Waals surface area contributed by atoms with Crippen LogP contribution in [0.15, 0.2) is 36.4 Å². The molecule has 4 atom stereocenters. The lowest BCUT2D eigenvalue weighted by molar-refractivity contribution is -0.121. The molecule has 1 amide bonds. The summed E-state index contributed by atoms with van der Waals surface area (Å²) in [6, 6.07) is 10.4. The van der Waals surface area contributed by atoms with E-state index in [2.05, 4.69) is 54.0 Å². The number of anilines is 1. The monoisotopic (exact) mass is 546 g/mol. The molecule has 4 rings (SSSR count). The van der Waals surface area contributed by atoms with Crippen molar-refractivity contribution in [1.29, 1.82) is 0 Å². The molecule has 2 aliphatic heterocycles. The Morgan fingerprint density at radius 1 is 1.21 bits per heavy atom. The van der Waals surface area contributed by atoms with E-state index in [4.69, 9.17) is 23.2 Å². The van der Waals surface area contributed by atoms with Gasteiger partial charge in [-0.15, -0.1) is 0 Å². The molecule has 0 aliphatic carbocycles. The SMILES string of the molecule is CC(C)(C)C[C@H]1N[C@@H](I)[C@H](c2cccc(Cl)c2)[C@@]12C(=O)Nc1cc(Cl)c(F)cc12. The molecule has 1 saturated heterocycles. The summed E-state index contributed by atoms with van der Waals surface area (Å²) >= 11 is 14.7. The molecule has 1 fully saturated rings. The van der Waals surface area contributed by atoms with Gasteiger partial charge in [0.05, 0.1) is 9.07 Å². The van der Waals surface area contributed by atoms with Crippen LogP contribution in [0.3, 0.4) is 0 Å². The van der Waals surface area contributed by atoms with Crippen molar-refractivity contribution in [3.8, 4) is 0 Å². The summed E-state index contributed by atoms with van der Waals surface area (Å²) in [6.45, 7) is 6.44. The molecule has 0 unspecified atom stereocenters. The van der Waals surface area contributed by atoms with E-state index in [1.807, 2.05) is 24.3 Å². The first-order valence-corrected chi connectivity index (χ1v) is 11.5. The van der Waals surface area contributed by atoms with Crippen LogP contribution in [0.1, 0.15) is 44.2 Å². The van der Waals surface area contributed by atoms with Gasteiger partial charge in [0.2, 0.25) is 5.91 Å². The molecular weight excluding hydrogens is 525 g/mol. The fourth-order valence-electron chi connectivity index (χ4n) is 4.83. The first kappa shape index (κ1) is 21.3. The van der Waals surface area contributed by atoms with Crippen molar-refractivity contribution in [2.75, 3.05) is 5.32 Å². The Bertz CT molecular complexity index is 993. The number of halogens is 4. The van der Waals surface area contributed by atoms with Crippen LogP contribution in [0.25, 0.3) is 0 Å². The molecule has 2 aliphatic rings. The summed E-state index contributed by atoms with van der Waals surface area (Å²) in [5, 5.41) is 7.24. The molecule has 2 aromatic rings. The first-order valence-electron chi connectivity index (χ1n) is 9.50. The molecule has 7 heteroatoms. The van der Waals surface area contributed by atoms with Gasteiger partial charge in [0.25, 0.3) is 0 Å². The molecule has 2 heterocycles. The van der Waals surface area contributed by atoms with Gasteiger partial charge in [0.15, 0.2) is 0 Å². The zero-order valence-corrected chi connectivity index (χ0v) is 20.0. The Hall–Kier alpha value is -0.890. The number of carbonyl (C=O) groups is 1. The summed E-state index contributed by atoms with van der Waals surface area (Å²) < 4.78 is 14.5. The average Bonchev–Trinajstić information content (AvgIpc) is 3.03. The third kappa shape index (κ3) is 3.48. The van der Waals surface area contributed by atoms with Crippen molar-refractivity contribution in [2.24, 2.45) is 5.41 Å². The van der Waals surface area contributed by atoms with Crippen LogP contribution in [-0.4, -0.2) is 16.0 Å². The molecular formula is C22H22Cl2FIN2O. The highest BCUT2D eigenvalue weighted by Crippen LogP contribution is 2.57. The van der Waals surface area contributed by atoms with Crippen LogP contribution < -0.4 is 10.6 Å². The standard InChI is InChI=1S/C22H22Cl2FIN2O/c1-21(2,3)10-17-22(13-8-15(25)14(24)9-16(13)27-20(22)29)18(19(26)28-17)11-5-4-6-12(23)7-11/h4-9,17-19,28H,10H2,1-3H3,(H,27,29)/t17-,18+,19-,22+/m1/s1. The lowest BCUT2D eigenvalue weighted by Gasteiger charge is -2.37. The zero-order chi connectivity index (χ0) is 21.1. The summed E-state index contributed by atoms with van der Waals surface area (Å²) in [6.07, 6.45) is 0.751. The predicted octanol–water partition coefficient (Wildman–Crippen LogP) is 6.28. The number of carbonyl (C=O) groups excluding carboxylic acids is 1. The van der Waals surface area contributed by atoms with E-state index in [1.54, 1.807) is 0 Å². The quantitative estimate of drug-likeness (QED) is 0.264. The van der Waals surface area contributed by atoms with Crippen LogP contribution in [0, 0.1) is 11.2 Å². The summed E-state index contributed by atoms with van der Waals surface area (Å²) in [5.41, 5.74) is 1.22. The molecule has 29 heavy (non-hydrogen) atoms. The smallest absolute Gasteiger partial charge is 0.237 e. The Labute approximate surface area is 193 Å². The van der Waals surface area contributed by atoms with Crippen LogP contribution in [0.4, 0.5) is 10.1 Å². The van der Waals surface area contributed by atoms with Gasteiger partial charge in [-0.1, -0.05) is 78.7 Å². The van der Waals surface area contributed by atoms with Crippen LogP contribution >= 0.6 is 45.8 Å². The van der Waals surface area contributed by atoms with Gasteiger partial charge < -0.3 is 10.6 Å². The van der Waals surface area contributed by atoms with E-state index in [1.165, 1.54) is 12.1 Å². The molecule has 0 radical (unpaired) electrons. The maximum absolute atomic E-state index is 14.6. The lowest BCUT2D eigenvalue weighted by atomic mass is 9.64. The second-order valence-corrected chi connectivity index (χ2v) is 11.2. The minimum Gasteiger partial charge on any atom is -0.325 e. The zero-order valence-electron chi connectivity index (χ0n) is 16.3. The normalized spacial score (nSPS) is 28.7. The molecule has 0 bridgehead atoms. The highest BCUT2D eigenvalue weighted by Gasteiger charge is 2.64. The summed E-state index contributed by atoms with van der Waals surface area (Å²) in [5.74, 6) is -0.853. The van der Waals surface area contributed by atoms with Crippen LogP contribution in [0.2, 0.25) is 10.0 Å². The van der Waals surface area contributed by atoms with Gasteiger partial charge in [-0.2, -0.15) is 0 Å². The van der Waals surface area contributed by atoms with E-state index < -0.39 is 11.2 Å². The number of rotatable bonds is 2. The number of hydrogen-bond acceptors (Lipinski definition) is 2. The number of alkyl halides is 1. The molecule has 3 nitrogen and oxygen atoms in total. The van der Waals surface area contributed by atoms with Crippen molar-refractivity contribution in [1.82, 2.24) is 5.32 Å². The van der Waals surface area contributed by atoms with E-state index in [-0.39, 0.29) is 32.4 Å².